The molecule has 1 heterocycles. The predicted molar refractivity (Wildman–Crippen MR) is 72.6 cm³/mol. The van der Waals surface area contributed by atoms with Crippen LogP contribution in [0.5, 0.6) is 0 Å². The van der Waals surface area contributed by atoms with Gasteiger partial charge in [0, 0.05) is 29.9 Å². The number of benzene rings is 1. The summed E-state index contributed by atoms with van der Waals surface area (Å²) in [5.74, 6) is 0.783. The first-order chi connectivity index (χ1) is 8.70. The van der Waals surface area contributed by atoms with Gasteiger partial charge in [-0.05, 0) is 30.5 Å². The zero-order valence-electron chi connectivity index (χ0n) is 10.4. The molecule has 0 spiro atoms. The molecule has 1 amide bonds. The normalized spacial score (nSPS) is 10.3. The largest absolute Gasteiger partial charge is 0.347 e. The van der Waals surface area contributed by atoms with Crippen molar-refractivity contribution in [1.29, 1.82) is 0 Å². The Bertz CT molecular complexity index is 508. The number of carbonyl (C=O) groups excluding carboxylic acids is 1. The number of nitrogens with one attached hydrogen (secondary N) is 1. The standard InChI is InChI=1S/C13H15N3OS/c1-16(9-12-14-7-8-15-12)13(17)10-3-5-11(18-2)6-4-10/h3-8H,9H2,1-2H3,(H,14,15). The Morgan fingerprint density at radius 3 is 2.67 bits per heavy atom. The lowest BCUT2D eigenvalue weighted by molar-refractivity contribution is 0.0782. The van der Waals surface area contributed by atoms with Crippen LogP contribution in [0.4, 0.5) is 0 Å². The number of imidazole rings is 1. The first-order valence-corrected chi connectivity index (χ1v) is 6.81. The number of thioether (sulfide) groups is 1. The van der Waals surface area contributed by atoms with Crippen LogP contribution in [0.25, 0.3) is 0 Å². The van der Waals surface area contributed by atoms with Gasteiger partial charge in [-0.2, -0.15) is 0 Å². The van der Waals surface area contributed by atoms with Gasteiger partial charge in [-0.15, -0.1) is 11.8 Å². The number of aromatic nitrogens is 2. The number of hydrogen-bond donors (Lipinski definition) is 1. The summed E-state index contributed by atoms with van der Waals surface area (Å²) in [5, 5.41) is 0. The van der Waals surface area contributed by atoms with Crippen LogP contribution in [0.1, 0.15) is 16.2 Å². The van der Waals surface area contributed by atoms with Gasteiger partial charge in [0.15, 0.2) is 0 Å². The molecule has 0 unspecified atom stereocenters. The van der Waals surface area contributed by atoms with Crippen molar-refractivity contribution in [3.8, 4) is 0 Å². The predicted octanol–water partition coefficient (Wildman–Crippen LogP) is 2.40. The molecular formula is C13H15N3OS. The van der Waals surface area contributed by atoms with Crippen LogP contribution in [0.3, 0.4) is 0 Å². The molecule has 5 heteroatoms. The minimum Gasteiger partial charge on any atom is -0.347 e. The number of rotatable bonds is 4. The van der Waals surface area contributed by atoms with Gasteiger partial charge in [-0.3, -0.25) is 4.79 Å². The summed E-state index contributed by atoms with van der Waals surface area (Å²) in [7, 11) is 1.77. The van der Waals surface area contributed by atoms with E-state index in [2.05, 4.69) is 9.97 Å². The number of hydrogen-bond acceptors (Lipinski definition) is 3. The topological polar surface area (TPSA) is 49.0 Å². The fourth-order valence-corrected chi connectivity index (χ4v) is 2.04. The number of aromatic amines is 1. The van der Waals surface area contributed by atoms with Crippen molar-refractivity contribution in [2.24, 2.45) is 0 Å². The molecule has 94 valence electrons. The monoisotopic (exact) mass is 261 g/mol. The van der Waals surface area contributed by atoms with Crippen molar-refractivity contribution in [3.63, 3.8) is 0 Å². The van der Waals surface area contributed by atoms with Gasteiger partial charge in [-0.1, -0.05) is 0 Å². The number of carbonyl (C=O) groups is 1. The van der Waals surface area contributed by atoms with Crippen LogP contribution in [0, 0.1) is 0 Å². The van der Waals surface area contributed by atoms with E-state index in [1.807, 2.05) is 30.5 Å². The molecule has 0 radical (unpaired) electrons. The van der Waals surface area contributed by atoms with Crippen LogP contribution in [-0.2, 0) is 6.54 Å². The van der Waals surface area contributed by atoms with Gasteiger partial charge in [0.2, 0.25) is 0 Å². The molecule has 0 aliphatic carbocycles. The highest BCUT2D eigenvalue weighted by molar-refractivity contribution is 7.98. The van der Waals surface area contributed by atoms with Gasteiger partial charge < -0.3 is 9.88 Å². The molecule has 4 nitrogen and oxygen atoms in total. The fraction of sp³-hybridized carbons (Fsp3) is 0.231. The van der Waals surface area contributed by atoms with E-state index in [4.69, 9.17) is 0 Å². The van der Waals surface area contributed by atoms with E-state index in [1.54, 1.807) is 36.1 Å². The third-order valence-corrected chi connectivity index (χ3v) is 3.37. The first-order valence-electron chi connectivity index (χ1n) is 5.58. The summed E-state index contributed by atoms with van der Waals surface area (Å²) in [4.78, 5) is 22.0. The molecule has 2 rings (SSSR count). The third-order valence-electron chi connectivity index (χ3n) is 2.63. The highest BCUT2D eigenvalue weighted by Gasteiger charge is 2.12. The van der Waals surface area contributed by atoms with E-state index in [1.165, 1.54) is 0 Å². The fourth-order valence-electron chi connectivity index (χ4n) is 1.63. The highest BCUT2D eigenvalue weighted by atomic mass is 32.2. The Morgan fingerprint density at radius 2 is 2.11 bits per heavy atom. The molecule has 0 aliphatic rings. The SMILES string of the molecule is CSc1ccc(C(=O)N(C)Cc2ncc[nH]2)cc1. The smallest absolute Gasteiger partial charge is 0.254 e. The summed E-state index contributed by atoms with van der Waals surface area (Å²) < 4.78 is 0. The van der Waals surface area contributed by atoms with Gasteiger partial charge >= 0.3 is 0 Å². The molecular weight excluding hydrogens is 246 g/mol. The molecule has 0 aliphatic heterocycles. The van der Waals surface area contributed by atoms with Crippen LogP contribution < -0.4 is 0 Å². The van der Waals surface area contributed by atoms with Gasteiger partial charge in [-0.25, -0.2) is 4.98 Å². The first kappa shape index (κ1) is 12.7. The lowest BCUT2D eigenvalue weighted by Gasteiger charge is -2.15. The number of amides is 1. The molecule has 0 saturated heterocycles. The van der Waals surface area contributed by atoms with E-state index >= 15 is 0 Å². The highest BCUT2D eigenvalue weighted by Crippen LogP contribution is 2.15. The minimum absolute atomic E-state index is 0.000877. The lowest BCUT2D eigenvalue weighted by Crippen LogP contribution is -2.26. The van der Waals surface area contributed by atoms with Crippen LogP contribution in [0.2, 0.25) is 0 Å². The zero-order valence-corrected chi connectivity index (χ0v) is 11.2. The molecule has 2 aromatic rings. The van der Waals surface area contributed by atoms with E-state index in [9.17, 15) is 4.79 Å². The number of nitrogens with zero attached hydrogens (tertiary/aromatic N) is 2. The Morgan fingerprint density at radius 1 is 1.39 bits per heavy atom. The van der Waals surface area contributed by atoms with Crippen molar-refractivity contribution in [1.82, 2.24) is 14.9 Å². The van der Waals surface area contributed by atoms with Crippen molar-refractivity contribution in [3.05, 3.63) is 48.0 Å². The second-order valence-electron chi connectivity index (χ2n) is 3.93. The van der Waals surface area contributed by atoms with Crippen molar-refractivity contribution in [2.75, 3.05) is 13.3 Å². The van der Waals surface area contributed by atoms with Crippen LogP contribution in [-0.4, -0.2) is 34.1 Å². The second kappa shape index (κ2) is 5.73. The summed E-state index contributed by atoms with van der Waals surface area (Å²) >= 11 is 1.66. The molecule has 1 aromatic heterocycles. The molecule has 0 bridgehead atoms. The van der Waals surface area contributed by atoms with Gasteiger partial charge in [0.05, 0.1) is 6.54 Å². The van der Waals surface area contributed by atoms with Crippen LogP contribution in [0.15, 0.2) is 41.6 Å². The maximum Gasteiger partial charge on any atom is 0.254 e. The van der Waals surface area contributed by atoms with Gasteiger partial charge in [0.25, 0.3) is 5.91 Å². The van der Waals surface area contributed by atoms with E-state index in [0.717, 1.165) is 10.7 Å². The second-order valence-corrected chi connectivity index (χ2v) is 4.81. The van der Waals surface area contributed by atoms with Crippen molar-refractivity contribution >= 4 is 17.7 Å². The lowest BCUT2D eigenvalue weighted by atomic mass is 10.2. The van der Waals surface area contributed by atoms with E-state index in [0.29, 0.717) is 12.1 Å². The summed E-state index contributed by atoms with van der Waals surface area (Å²) in [6, 6.07) is 7.62. The Balaban J connectivity index is 2.05. The maximum atomic E-state index is 12.1. The quantitative estimate of drug-likeness (QED) is 0.860. The molecule has 0 saturated carbocycles. The van der Waals surface area contributed by atoms with Crippen molar-refractivity contribution in [2.45, 2.75) is 11.4 Å². The summed E-state index contributed by atoms with van der Waals surface area (Å²) in [5.41, 5.74) is 0.696. The Hall–Kier alpha value is -1.75. The average molecular weight is 261 g/mol. The van der Waals surface area contributed by atoms with E-state index < -0.39 is 0 Å². The molecule has 0 atom stereocenters. The minimum atomic E-state index is -0.000877. The molecule has 1 N–H and O–H groups in total. The summed E-state index contributed by atoms with van der Waals surface area (Å²) in [6.45, 7) is 0.482. The van der Waals surface area contributed by atoms with Gasteiger partial charge in [0.1, 0.15) is 5.82 Å². The summed E-state index contributed by atoms with van der Waals surface area (Å²) in [6.07, 6.45) is 5.45. The number of H-pyrrole nitrogens is 1. The zero-order chi connectivity index (χ0) is 13.0. The average Bonchev–Trinajstić information content (AvgIpc) is 2.91. The van der Waals surface area contributed by atoms with Crippen molar-refractivity contribution < 1.29 is 4.79 Å². The van der Waals surface area contributed by atoms with E-state index in [-0.39, 0.29) is 5.91 Å². The maximum absolute atomic E-state index is 12.1. The van der Waals surface area contributed by atoms with Crippen LogP contribution >= 0.6 is 11.8 Å². The molecule has 18 heavy (non-hydrogen) atoms. The Kier molecular flexibility index (Phi) is 4.04. The third kappa shape index (κ3) is 2.92. The Labute approximate surface area is 110 Å². The molecule has 0 fully saturated rings. The molecule has 1 aromatic carbocycles.